The number of ether oxygens (including phenoxy) is 3. The molecule has 2 aromatic rings. The molecule has 1 fully saturated rings. The molecule has 9 nitrogen and oxygen atoms in total. The summed E-state index contributed by atoms with van der Waals surface area (Å²) < 4.78 is 19.1. The molecule has 0 saturated carbocycles. The molecule has 0 spiro atoms. The first kappa shape index (κ1) is 20.1. The highest BCUT2D eigenvalue weighted by Crippen LogP contribution is 2.42. The van der Waals surface area contributed by atoms with Gasteiger partial charge in [-0.2, -0.15) is 5.10 Å². The van der Waals surface area contributed by atoms with Crippen LogP contribution in [0.15, 0.2) is 18.3 Å². The van der Waals surface area contributed by atoms with E-state index in [0.29, 0.717) is 49.3 Å². The highest BCUT2D eigenvalue weighted by molar-refractivity contribution is 6.07. The van der Waals surface area contributed by atoms with Crippen LogP contribution in [0.4, 0.5) is 11.4 Å². The molecule has 0 aliphatic carbocycles. The van der Waals surface area contributed by atoms with Crippen molar-refractivity contribution in [1.29, 1.82) is 0 Å². The molecule has 0 bridgehead atoms. The predicted molar refractivity (Wildman–Crippen MR) is 114 cm³/mol. The van der Waals surface area contributed by atoms with E-state index in [4.69, 9.17) is 14.2 Å². The average molecular weight is 428 g/mol. The summed E-state index contributed by atoms with van der Waals surface area (Å²) in [5.41, 5.74) is 2.33. The molecule has 5 rings (SSSR count). The van der Waals surface area contributed by atoms with Crippen molar-refractivity contribution in [2.24, 2.45) is 5.92 Å². The highest BCUT2D eigenvalue weighted by atomic mass is 16.5. The van der Waals surface area contributed by atoms with Crippen molar-refractivity contribution >= 4 is 17.3 Å². The van der Waals surface area contributed by atoms with E-state index in [1.807, 2.05) is 19.1 Å². The minimum Gasteiger partial charge on any atom is -0.484 e. The van der Waals surface area contributed by atoms with E-state index in [1.165, 1.54) is 0 Å². The van der Waals surface area contributed by atoms with Gasteiger partial charge in [-0.05, 0) is 13.0 Å². The third-order valence-corrected chi connectivity index (χ3v) is 6.06. The summed E-state index contributed by atoms with van der Waals surface area (Å²) in [5.74, 6) is 1.36. The van der Waals surface area contributed by atoms with Gasteiger partial charge in [-0.3, -0.25) is 4.79 Å². The van der Waals surface area contributed by atoms with Crippen molar-refractivity contribution in [3.05, 3.63) is 29.5 Å². The molecule has 2 atom stereocenters. The Morgan fingerprint density at radius 1 is 1.35 bits per heavy atom. The molecule has 166 valence electrons. The van der Waals surface area contributed by atoms with Crippen LogP contribution in [-0.2, 0) is 17.7 Å². The van der Waals surface area contributed by atoms with Gasteiger partial charge in [0.2, 0.25) is 5.88 Å². The number of nitrogens with zero attached hydrogens (tertiary/aromatic N) is 3. The number of aromatic nitrogens is 2. The summed E-state index contributed by atoms with van der Waals surface area (Å²) in [7, 11) is 0. The van der Waals surface area contributed by atoms with E-state index in [1.54, 1.807) is 10.9 Å². The van der Waals surface area contributed by atoms with Crippen LogP contribution in [-0.4, -0.2) is 65.9 Å². The lowest BCUT2D eigenvalue weighted by atomic mass is 9.99. The number of fused-ring (bicyclic) bond motifs is 2. The predicted octanol–water partition coefficient (Wildman–Crippen LogP) is 1.69. The van der Waals surface area contributed by atoms with Crippen LogP contribution in [0.25, 0.3) is 0 Å². The number of amides is 1. The van der Waals surface area contributed by atoms with Gasteiger partial charge in [0.1, 0.15) is 16.9 Å². The van der Waals surface area contributed by atoms with Crippen molar-refractivity contribution in [2.45, 2.75) is 32.4 Å². The second kappa shape index (κ2) is 7.72. The number of carbonyl (C=O) groups is 1. The Kier molecular flexibility index (Phi) is 5.02. The number of benzene rings is 1. The Labute approximate surface area is 180 Å². The zero-order valence-electron chi connectivity index (χ0n) is 17.9. The van der Waals surface area contributed by atoms with Crippen molar-refractivity contribution in [3.63, 3.8) is 0 Å². The molecule has 1 aromatic heterocycles. The van der Waals surface area contributed by atoms with E-state index in [2.05, 4.69) is 22.2 Å². The van der Waals surface area contributed by atoms with E-state index in [9.17, 15) is 9.90 Å². The highest BCUT2D eigenvalue weighted by Gasteiger charge is 2.36. The maximum atomic E-state index is 13.2. The summed E-state index contributed by atoms with van der Waals surface area (Å²) in [4.78, 5) is 15.4. The second-order valence-corrected chi connectivity index (χ2v) is 8.88. The third kappa shape index (κ3) is 3.72. The molecule has 3 aliphatic rings. The fraction of sp³-hybridized carbons (Fsp3) is 0.545. The van der Waals surface area contributed by atoms with Crippen LogP contribution in [0.2, 0.25) is 0 Å². The quantitative estimate of drug-likeness (QED) is 0.765. The Hall–Kier alpha value is -2.78. The fourth-order valence-electron chi connectivity index (χ4n) is 4.38. The van der Waals surface area contributed by atoms with E-state index < -0.39 is 5.60 Å². The smallest absolute Gasteiger partial charge is 0.262 e. The summed E-state index contributed by atoms with van der Waals surface area (Å²) in [6.45, 7) is 7.91. The fourth-order valence-corrected chi connectivity index (χ4v) is 4.38. The van der Waals surface area contributed by atoms with Gasteiger partial charge in [0.05, 0.1) is 50.5 Å². The Bertz CT molecular complexity index is 1000. The monoisotopic (exact) mass is 428 g/mol. The number of anilines is 2. The second-order valence-electron chi connectivity index (χ2n) is 8.88. The first-order chi connectivity index (χ1) is 15.0. The van der Waals surface area contributed by atoms with Crippen LogP contribution in [0, 0.1) is 5.92 Å². The minimum absolute atomic E-state index is 0.0748. The van der Waals surface area contributed by atoms with Crippen LogP contribution in [0.3, 0.4) is 0 Å². The van der Waals surface area contributed by atoms with Gasteiger partial charge < -0.3 is 29.5 Å². The van der Waals surface area contributed by atoms with Crippen molar-refractivity contribution < 1.29 is 24.1 Å². The molecular weight excluding hydrogens is 400 g/mol. The zero-order valence-corrected chi connectivity index (χ0v) is 17.9. The lowest BCUT2D eigenvalue weighted by Gasteiger charge is -2.31. The lowest BCUT2D eigenvalue weighted by molar-refractivity contribution is 0.0446. The van der Waals surface area contributed by atoms with Crippen molar-refractivity contribution in [1.82, 2.24) is 9.78 Å². The van der Waals surface area contributed by atoms with Gasteiger partial charge in [-0.15, -0.1) is 0 Å². The number of aliphatic hydroxyl groups excluding tert-OH is 1. The lowest BCUT2D eigenvalue weighted by Crippen LogP contribution is -2.37. The van der Waals surface area contributed by atoms with Crippen LogP contribution in [0.1, 0.15) is 29.8 Å². The third-order valence-electron chi connectivity index (χ3n) is 6.06. The molecule has 1 amide bonds. The summed E-state index contributed by atoms with van der Waals surface area (Å²) in [5, 5.41) is 17.1. The topological polar surface area (TPSA) is 98.1 Å². The van der Waals surface area contributed by atoms with Gasteiger partial charge in [0.25, 0.3) is 5.91 Å². The molecule has 2 unspecified atom stereocenters. The van der Waals surface area contributed by atoms with Gasteiger partial charge in [0, 0.05) is 37.1 Å². The summed E-state index contributed by atoms with van der Waals surface area (Å²) in [6.07, 6.45) is 2.14. The van der Waals surface area contributed by atoms with Crippen LogP contribution < -0.4 is 19.7 Å². The van der Waals surface area contributed by atoms with E-state index in [0.717, 1.165) is 36.6 Å². The van der Waals surface area contributed by atoms with Crippen molar-refractivity contribution in [2.75, 3.05) is 49.7 Å². The molecule has 0 radical (unpaired) electrons. The number of hydrogen-bond acceptors (Lipinski definition) is 7. The number of rotatable bonds is 4. The normalized spacial score (nSPS) is 24.7. The molecule has 2 N–H and O–H groups in total. The number of carbonyl (C=O) groups excluding carboxylic acids is 1. The molecule has 1 saturated heterocycles. The Morgan fingerprint density at radius 3 is 2.94 bits per heavy atom. The number of hydrogen-bond donors (Lipinski definition) is 2. The maximum absolute atomic E-state index is 13.2. The molecule has 1 aromatic carbocycles. The molecule has 31 heavy (non-hydrogen) atoms. The van der Waals surface area contributed by atoms with E-state index >= 15 is 0 Å². The van der Waals surface area contributed by atoms with Crippen LogP contribution in [0.5, 0.6) is 11.6 Å². The first-order valence-corrected chi connectivity index (χ1v) is 10.8. The summed E-state index contributed by atoms with van der Waals surface area (Å²) in [6, 6.07) is 3.92. The van der Waals surface area contributed by atoms with E-state index in [-0.39, 0.29) is 12.5 Å². The number of aliphatic hydroxyl groups is 1. The maximum Gasteiger partial charge on any atom is 0.262 e. The molecule has 9 heteroatoms. The van der Waals surface area contributed by atoms with Gasteiger partial charge in [-0.1, -0.05) is 6.92 Å². The minimum atomic E-state index is -0.650. The van der Waals surface area contributed by atoms with Gasteiger partial charge >= 0.3 is 0 Å². The summed E-state index contributed by atoms with van der Waals surface area (Å²) >= 11 is 0. The van der Waals surface area contributed by atoms with Crippen LogP contribution >= 0.6 is 0 Å². The molecular formula is C22H28N4O5. The molecule has 3 aliphatic heterocycles. The number of morpholine rings is 1. The first-order valence-electron chi connectivity index (χ1n) is 10.8. The number of nitrogens with one attached hydrogen (secondary N) is 1. The van der Waals surface area contributed by atoms with Gasteiger partial charge in [-0.25, -0.2) is 4.68 Å². The Balaban J connectivity index is 1.47. The largest absolute Gasteiger partial charge is 0.484 e. The van der Waals surface area contributed by atoms with Crippen molar-refractivity contribution in [3.8, 4) is 11.6 Å². The molecule has 4 heterocycles. The standard InChI is InChI=1S/C22H28N4O5/c1-14-11-26-21(30-12-14)16(10-23-26)20(28)24-17-7-15-9-22(2,13-27)31-19(15)8-18(17)25-3-5-29-6-4-25/h7-8,10,14,27H,3-6,9,11-13H2,1-2H3,(H,24,28). The SMILES string of the molecule is CC1COc2c(C(=O)Nc3cc4c(cc3N3CCOCC3)OC(C)(CO)C4)cnn2C1. The zero-order chi connectivity index (χ0) is 21.6. The Morgan fingerprint density at radius 2 is 2.16 bits per heavy atom. The average Bonchev–Trinajstić information content (AvgIpc) is 3.33. The van der Waals surface area contributed by atoms with Gasteiger partial charge in [0.15, 0.2) is 0 Å².